The maximum atomic E-state index is 13.7. The second-order valence-corrected chi connectivity index (χ2v) is 10.7. The second-order valence-electron chi connectivity index (χ2n) is 9.11. The lowest BCUT2D eigenvalue weighted by molar-refractivity contribution is -0.114. The van der Waals surface area contributed by atoms with Crippen molar-refractivity contribution in [3.63, 3.8) is 0 Å². The molecule has 0 bridgehead atoms. The van der Waals surface area contributed by atoms with E-state index in [0.717, 1.165) is 5.56 Å². The number of rotatable bonds is 10. The fraction of sp³-hybridized carbons (Fsp3) is 0.0909. The predicted molar refractivity (Wildman–Crippen MR) is 161 cm³/mol. The van der Waals surface area contributed by atoms with Crippen molar-refractivity contribution in [3.05, 3.63) is 138 Å². The Bertz CT molecular complexity index is 1730. The lowest BCUT2D eigenvalue weighted by atomic mass is 9.98. The largest absolute Gasteiger partial charge is 0.490 e. The van der Waals surface area contributed by atoms with E-state index >= 15 is 0 Å². The first-order chi connectivity index (χ1) is 19.9. The van der Waals surface area contributed by atoms with Crippen molar-refractivity contribution in [1.29, 1.82) is 0 Å². The molecule has 0 atom stereocenters. The lowest BCUT2D eigenvalue weighted by Gasteiger charge is -2.17. The van der Waals surface area contributed by atoms with E-state index in [2.05, 4.69) is 11.7 Å². The average Bonchev–Trinajstić information content (AvgIpc) is 3.32. The van der Waals surface area contributed by atoms with Crippen LogP contribution in [-0.4, -0.2) is 26.6 Å². The number of carbonyl (C=O) groups is 1. The van der Waals surface area contributed by atoms with Gasteiger partial charge in [-0.05, 0) is 61.4 Å². The fourth-order valence-electron chi connectivity index (χ4n) is 4.44. The molecule has 0 spiro atoms. The van der Waals surface area contributed by atoms with Crippen molar-refractivity contribution in [1.82, 2.24) is 0 Å². The molecule has 7 nitrogen and oxygen atoms in total. The summed E-state index contributed by atoms with van der Waals surface area (Å²) in [5.74, 6) is 0.0328. The SMILES string of the molecule is C=CCc1cc(/C=C2\C(=O)N(c3ccccc3)N=C2c2ccccc2)cc(OCC)c1OS(=O)(=O)c1ccccc1. The highest BCUT2D eigenvalue weighted by atomic mass is 32.2. The predicted octanol–water partition coefficient (Wildman–Crippen LogP) is 6.42. The van der Waals surface area contributed by atoms with Gasteiger partial charge >= 0.3 is 10.1 Å². The molecule has 4 aromatic rings. The topological polar surface area (TPSA) is 85.3 Å². The van der Waals surface area contributed by atoms with Crippen LogP contribution in [0.1, 0.15) is 23.6 Å². The van der Waals surface area contributed by atoms with Crippen LogP contribution in [0.15, 0.2) is 131 Å². The summed E-state index contributed by atoms with van der Waals surface area (Å²) in [6.07, 6.45) is 3.70. The van der Waals surface area contributed by atoms with Gasteiger partial charge in [0.1, 0.15) is 10.6 Å². The van der Waals surface area contributed by atoms with Gasteiger partial charge in [-0.15, -0.1) is 6.58 Å². The Hall–Kier alpha value is -4.95. The average molecular weight is 565 g/mol. The molecule has 41 heavy (non-hydrogen) atoms. The Morgan fingerprint density at radius 1 is 0.902 bits per heavy atom. The molecule has 0 aliphatic carbocycles. The maximum absolute atomic E-state index is 13.7. The number of hydrazone groups is 1. The van der Waals surface area contributed by atoms with Gasteiger partial charge in [-0.25, -0.2) is 0 Å². The Balaban J connectivity index is 1.62. The van der Waals surface area contributed by atoms with Gasteiger partial charge in [0, 0.05) is 11.1 Å². The third kappa shape index (κ3) is 5.97. The van der Waals surface area contributed by atoms with Crippen LogP contribution in [0, 0.1) is 0 Å². The van der Waals surface area contributed by atoms with Crippen molar-refractivity contribution >= 4 is 33.5 Å². The molecule has 1 heterocycles. The molecule has 0 unspecified atom stereocenters. The van der Waals surface area contributed by atoms with Crippen LogP contribution in [0.4, 0.5) is 5.69 Å². The first kappa shape index (κ1) is 27.6. The van der Waals surface area contributed by atoms with Crippen molar-refractivity contribution in [2.24, 2.45) is 5.10 Å². The molecule has 1 aliphatic heterocycles. The number of benzene rings is 4. The molecule has 1 amide bonds. The number of carbonyl (C=O) groups excluding carboxylic acids is 1. The molecule has 4 aromatic carbocycles. The minimum Gasteiger partial charge on any atom is -0.490 e. The van der Waals surface area contributed by atoms with Gasteiger partial charge < -0.3 is 8.92 Å². The van der Waals surface area contributed by atoms with Crippen LogP contribution >= 0.6 is 0 Å². The van der Waals surface area contributed by atoms with E-state index in [0.29, 0.717) is 34.5 Å². The minimum atomic E-state index is -4.13. The van der Waals surface area contributed by atoms with Crippen LogP contribution in [0.25, 0.3) is 6.08 Å². The summed E-state index contributed by atoms with van der Waals surface area (Å²) in [5.41, 5.74) is 3.51. The molecule has 0 saturated heterocycles. The quantitative estimate of drug-likeness (QED) is 0.126. The Labute approximate surface area is 239 Å². The normalized spacial score (nSPS) is 14.2. The zero-order chi connectivity index (χ0) is 28.8. The number of hydrogen-bond acceptors (Lipinski definition) is 6. The molecule has 1 aliphatic rings. The van der Waals surface area contributed by atoms with Crippen molar-refractivity contribution in [2.75, 3.05) is 11.6 Å². The lowest BCUT2D eigenvalue weighted by Crippen LogP contribution is -2.21. The summed E-state index contributed by atoms with van der Waals surface area (Å²) in [6, 6.07) is 30.0. The molecule has 0 radical (unpaired) electrons. The zero-order valence-corrected chi connectivity index (χ0v) is 23.3. The van der Waals surface area contributed by atoms with E-state index in [9.17, 15) is 13.2 Å². The van der Waals surface area contributed by atoms with Crippen molar-refractivity contribution in [3.8, 4) is 11.5 Å². The van der Waals surface area contributed by atoms with Gasteiger partial charge in [-0.1, -0.05) is 72.8 Å². The highest BCUT2D eigenvalue weighted by Gasteiger charge is 2.32. The van der Waals surface area contributed by atoms with E-state index in [1.165, 1.54) is 17.1 Å². The standard InChI is InChI=1S/C33H28N2O5S/c1-3-14-26-21-24(23-30(39-4-2)32(26)40-41(37,38)28-19-12-7-13-20-28)22-29-31(25-15-8-5-9-16-25)34-35(33(29)36)27-17-10-6-11-18-27/h3,5-13,15-23H,1,4,14H2,2H3/b29-22-. The van der Waals surface area contributed by atoms with Crippen LogP contribution in [0.2, 0.25) is 0 Å². The van der Waals surface area contributed by atoms with Gasteiger partial charge in [0.2, 0.25) is 0 Å². The van der Waals surface area contributed by atoms with Crippen LogP contribution < -0.4 is 13.9 Å². The molecule has 0 fully saturated rings. The van der Waals surface area contributed by atoms with Gasteiger partial charge in [-0.3, -0.25) is 4.79 Å². The van der Waals surface area contributed by atoms with E-state index in [-0.39, 0.29) is 28.9 Å². The van der Waals surface area contributed by atoms with Crippen LogP contribution in [0.3, 0.4) is 0 Å². The number of hydrogen-bond donors (Lipinski definition) is 0. The van der Waals surface area contributed by atoms with E-state index < -0.39 is 10.1 Å². The molecule has 5 rings (SSSR count). The molecule has 206 valence electrons. The third-order valence-electron chi connectivity index (χ3n) is 6.28. The van der Waals surface area contributed by atoms with Gasteiger partial charge in [0.25, 0.3) is 5.91 Å². The van der Waals surface area contributed by atoms with E-state index in [1.54, 1.807) is 49.4 Å². The first-order valence-electron chi connectivity index (χ1n) is 13.1. The minimum absolute atomic E-state index is 0.0273. The highest BCUT2D eigenvalue weighted by molar-refractivity contribution is 7.87. The number of para-hydroxylation sites is 1. The van der Waals surface area contributed by atoms with Crippen LogP contribution in [-0.2, 0) is 21.3 Å². The zero-order valence-electron chi connectivity index (χ0n) is 22.4. The van der Waals surface area contributed by atoms with Crippen molar-refractivity contribution < 1.29 is 22.1 Å². The smallest absolute Gasteiger partial charge is 0.339 e. The molecule has 0 N–H and O–H groups in total. The molecule has 0 aromatic heterocycles. The molecular weight excluding hydrogens is 536 g/mol. The number of amides is 1. The summed E-state index contributed by atoms with van der Waals surface area (Å²) in [6.45, 7) is 5.89. The van der Waals surface area contributed by atoms with Gasteiger partial charge in [0.05, 0.1) is 17.9 Å². The summed E-state index contributed by atoms with van der Waals surface area (Å²) < 4.78 is 37.7. The second kappa shape index (κ2) is 12.1. The fourth-order valence-corrected chi connectivity index (χ4v) is 5.44. The molecular formula is C33H28N2O5S. The Morgan fingerprint density at radius 2 is 1.54 bits per heavy atom. The summed E-state index contributed by atoms with van der Waals surface area (Å²) in [5, 5.41) is 6.07. The molecule has 0 saturated carbocycles. The number of nitrogens with zero attached hydrogens (tertiary/aromatic N) is 2. The van der Waals surface area contributed by atoms with Gasteiger partial charge in [-0.2, -0.15) is 18.5 Å². The monoisotopic (exact) mass is 564 g/mol. The Morgan fingerprint density at radius 3 is 2.17 bits per heavy atom. The van der Waals surface area contributed by atoms with E-state index in [1.807, 2.05) is 60.7 Å². The van der Waals surface area contributed by atoms with Gasteiger partial charge in [0.15, 0.2) is 11.5 Å². The summed E-state index contributed by atoms with van der Waals surface area (Å²) in [4.78, 5) is 13.7. The molecule has 8 heteroatoms. The number of ether oxygens (including phenoxy) is 1. The Kier molecular flexibility index (Phi) is 8.12. The number of anilines is 1. The summed E-state index contributed by atoms with van der Waals surface area (Å²) >= 11 is 0. The maximum Gasteiger partial charge on any atom is 0.339 e. The highest BCUT2D eigenvalue weighted by Crippen LogP contribution is 2.37. The van der Waals surface area contributed by atoms with Crippen LogP contribution in [0.5, 0.6) is 11.5 Å². The number of allylic oxidation sites excluding steroid dienone is 1. The first-order valence-corrected chi connectivity index (χ1v) is 14.5. The third-order valence-corrected chi connectivity index (χ3v) is 7.52. The van der Waals surface area contributed by atoms with E-state index in [4.69, 9.17) is 8.92 Å². The van der Waals surface area contributed by atoms with Crippen molar-refractivity contribution in [2.45, 2.75) is 18.2 Å². The summed E-state index contributed by atoms with van der Waals surface area (Å²) in [7, 11) is -4.13.